The molecule has 2 aromatic rings. The summed E-state index contributed by atoms with van der Waals surface area (Å²) in [5.74, 6) is -1.25. The van der Waals surface area contributed by atoms with Crippen LogP contribution in [0.2, 0.25) is 0 Å². The zero-order valence-electron chi connectivity index (χ0n) is 14.0. The van der Waals surface area contributed by atoms with E-state index >= 15 is 0 Å². The molecule has 0 saturated heterocycles. The summed E-state index contributed by atoms with van der Waals surface area (Å²) in [5.41, 5.74) is 2.84. The largest absolute Gasteiger partial charge is 0.274 e. The fraction of sp³-hybridized carbons (Fsp3) is 0.250. The third-order valence-electron chi connectivity index (χ3n) is 5.02. The van der Waals surface area contributed by atoms with Crippen LogP contribution in [0.1, 0.15) is 35.4 Å². The number of carbonyl (C=O) groups is 1. The zero-order chi connectivity index (χ0) is 18.3. The first-order valence-corrected chi connectivity index (χ1v) is 10.0. The smallest absolute Gasteiger partial charge is 0.260 e. The molecule has 1 saturated carbocycles. The number of rotatable bonds is 4. The van der Waals surface area contributed by atoms with Gasteiger partial charge in [0.2, 0.25) is 5.91 Å². The number of aryl methyl sites for hydroxylation is 1. The van der Waals surface area contributed by atoms with E-state index in [2.05, 4.69) is 4.72 Å². The maximum absolute atomic E-state index is 13.0. The van der Waals surface area contributed by atoms with Gasteiger partial charge >= 0.3 is 0 Å². The van der Waals surface area contributed by atoms with Crippen LogP contribution in [-0.2, 0) is 21.2 Å². The number of hydrogen-bond acceptors (Lipinski definition) is 3. The molecule has 2 aliphatic carbocycles. The van der Waals surface area contributed by atoms with E-state index < -0.39 is 15.9 Å². The van der Waals surface area contributed by atoms with Crippen LogP contribution in [0.5, 0.6) is 0 Å². The van der Waals surface area contributed by atoms with Crippen LogP contribution < -0.4 is 4.72 Å². The Morgan fingerprint density at radius 1 is 1.04 bits per heavy atom. The van der Waals surface area contributed by atoms with Gasteiger partial charge in [-0.1, -0.05) is 36.4 Å². The number of halogens is 1. The second-order valence-corrected chi connectivity index (χ2v) is 8.51. The highest BCUT2D eigenvalue weighted by Gasteiger charge is 2.45. The first kappa shape index (κ1) is 17.0. The summed E-state index contributed by atoms with van der Waals surface area (Å²) in [6.45, 7) is 0. The monoisotopic (exact) mass is 371 g/mol. The van der Waals surface area contributed by atoms with Crippen molar-refractivity contribution in [3.05, 3.63) is 75.9 Å². The second-order valence-electron chi connectivity index (χ2n) is 6.78. The normalized spacial score (nSPS) is 21.5. The highest BCUT2D eigenvalue weighted by Crippen LogP contribution is 2.47. The lowest BCUT2D eigenvalue weighted by molar-refractivity contribution is -0.120. The van der Waals surface area contributed by atoms with Gasteiger partial charge in [-0.05, 0) is 60.1 Å². The van der Waals surface area contributed by atoms with Gasteiger partial charge < -0.3 is 0 Å². The van der Waals surface area contributed by atoms with E-state index in [1.165, 1.54) is 12.1 Å². The minimum Gasteiger partial charge on any atom is -0.274 e. The number of fused-ring (bicyclic) bond motifs is 1. The van der Waals surface area contributed by atoms with Gasteiger partial charge in [-0.2, -0.15) is 0 Å². The summed E-state index contributed by atoms with van der Waals surface area (Å²) in [4.78, 5) is 12.6. The molecule has 0 radical (unpaired) electrons. The summed E-state index contributed by atoms with van der Waals surface area (Å²) in [6.07, 6.45) is 3.23. The van der Waals surface area contributed by atoms with E-state index in [0.717, 1.165) is 16.7 Å². The molecule has 4 rings (SSSR count). The molecule has 2 atom stereocenters. The molecule has 1 N–H and O–H groups in total. The SMILES string of the molecule is O=C(NS(=O)(=O)C1=Cc2ccccc2CC1)C1CC1c1ccc(F)cc1. The molecule has 2 aromatic carbocycles. The molecule has 1 fully saturated rings. The van der Waals surface area contributed by atoms with Crippen LogP contribution in [0.3, 0.4) is 0 Å². The minimum absolute atomic E-state index is 0.0492. The lowest BCUT2D eigenvalue weighted by Gasteiger charge is -2.17. The van der Waals surface area contributed by atoms with Crippen molar-refractivity contribution in [1.29, 1.82) is 0 Å². The zero-order valence-corrected chi connectivity index (χ0v) is 14.8. The summed E-state index contributed by atoms with van der Waals surface area (Å²) < 4.78 is 40.4. The molecule has 0 bridgehead atoms. The van der Waals surface area contributed by atoms with Crippen molar-refractivity contribution in [2.75, 3.05) is 0 Å². The second kappa shape index (κ2) is 6.36. The first-order chi connectivity index (χ1) is 12.4. The molecule has 2 aliphatic rings. The average molecular weight is 371 g/mol. The number of hydrogen-bond donors (Lipinski definition) is 1. The van der Waals surface area contributed by atoms with Gasteiger partial charge in [0.1, 0.15) is 5.82 Å². The number of nitrogens with one attached hydrogen (secondary N) is 1. The topological polar surface area (TPSA) is 63.2 Å². The Bertz CT molecular complexity index is 996. The Kier molecular flexibility index (Phi) is 4.15. The Morgan fingerprint density at radius 2 is 1.77 bits per heavy atom. The van der Waals surface area contributed by atoms with Gasteiger partial charge in [-0.15, -0.1) is 0 Å². The van der Waals surface area contributed by atoms with Crippen LogP contribution in [0, 0.1) is 11.7 Å². The summed E-state index contributed by atoms with van der Waals surface area (Å²) in [5, 5.41) is 0. The van der Waals surface area contributed by atoms with Gasteiger partial charge in [0.25, 0.3) is 10.0 Å². The van der Waals surface area contributed by atoms with Gasteiger partial charge in [0.15, 0.2) is 0 Å². The molecule has 0 aromatic heterocycles. The van der Waals surface area contributed by atoms with E-state index in [0.29, 0.717) is 19.3 Å². The van der Waals surface area contributed by atoms with E-state index in [-0.39, 0.29) is 22.6 Å². The minimum atomic E-state index is -3.84. The number of sulfonamides is 1. The molecule has 0 spiro atoms. The molecule has 1 amide bonds. The standard InChI is InChI=1S/C20H18FNO3S/c21-16-8-5-14(6-9-16)18-12-19(18)20(23)22-26(24,25)17-10-7-13-3-1-2-4-15(13)11-17/h1-6,8-9,11,18-19H,7,10,12H2,(H,22,23). The number of amides is 1. The predicted octanol–water partition coefficient (Wildman–Crippen LogP) is 3.36. The van der Waals surface area contributed by atoms with E-state index in [1.54, 1.807) is 18.2 Å². The Balaban J connectivity index is 1.46. The fourth-order valence-electron chi connectivity index (χ4n) is 3.45. The number of carbonyl (C=O) groups excluding carboxylic acids is 1. The van der Waals surface area contributed by atoms with Crippen molar-refractivity contribution in [3.63, 3.8) is 0 Å². The molecule has 6 heteroatoms. The number of benzene rings is 2. The van der Waals surface area contributed by atoms with Crippen LogP contribution in [-0.4, -0.2) is 14.3 Å². The first-order valence-electron chi connectivity index (χ1n) is 8.55. The van der Waals surface area contributed by atoms with Crippen molar-refractivity contribution in [1.82, 2.24) is 4.72 Å². The Hall–Kier alpha value is -2.47. The van der Waals surface area contributed by atoms with E-state index in [1.807, 2.05) is 24.3 Å². The highest BCUT2D eigenvalue weighted by molar-refractivity contribution is 7.94. The highest BCUT2D eigenvalue weighted by atomic mass is 32.2. The van der Waals surface area contributed by atoms with Crippen molar-refractivity contribution in [2.45, 2.75) is 25.2 Å². The van der Waals surface area contributed by atoms with Crippen molar-refractivity contribution in [2.24, 2.45) is 5.92 Å². The van der Waals surface area contributed by atoms with Gasteiger partial charge in [0, 0.05) is 5.92 Å². The van der Waals surface area contributed by atoms with Crippen molar-refractivity contribution < 1.29 is 17.6 Å². The van der Waals surface area contributed by atoms with Crippen molar-refractivity contribution >= 4 is 22.0 Å². The van der Waals surface area contributed by atoms with Gasteiger partial charge in [-0.25, -0.2) is 17.5 Å². The third kappa shape index (κ3) is 3.29. The molecule has 134 valence electrons. The molecule has 0 aliphatic heterocycles. The van der Waals surface area contributed by atoms with Crippen LogP contribution >= 0.6 is 0 Å². The molecule has 26 heavy (non-hydrogen) atoms. The fourth-order valence-corrected chi connectivity index (χ4v) is 4.66. The Morgan fingerprint density at radius 3 is 2.54 bits per heavy atom. The summed E-state index contributed by atoms with van der Waals surface area (Å²) in [7, 11) is -3.84. The lowest BCUT2D eigenvalue weighted by atomic mass is 9.98. The lowest BCUT2D eigenvalue weighted by Crippen LogP contribution is -2.33. The van der Waals surface area contributed by atoms with Gasteiger partial charge in [-0.3, -0.25) is 4.79 Å². The van der Waals surface area contributed by atoms with Crippen molar-refractivity contribution in [3.8, 4) is 0 Å². The van der Waals surface area contributed by atoms with Gasteiger partial charge in [0.05, 0.1) is 4.91 Å². The average Bonchev–Trinajstić information content (AvgIpc) is 3.42. The third-order valence-corrected chi connectivity index (χ3v) is 6.50. The summed E-state index contributed by atoms with van der Waals surface area (Å²) >= 11 is 0. The maximum Gasteiger partial charge on any atom is 0.260 e. The number of allylic oxidation sites excluding steroid dienone is 1. The van der Waals surface area contributed by atoms with Crippen LogP contribution in [0.15, 0.2) is 53.4 Å². The van der Waals surface area contributed by atoms with E-state index in [4.69, 9.17) is 0 Å². The molecule has 0 heterocycles. The van der Waals surface area contributed by atoms with E-state index in [9.17, 15) is 17.6 Å². The molecular weight excluding hydrogens is 353 g/mol. The Labute approximate surface area is 151 Å². The predicted molar refractivity (Wildman–Crippen MR) is 97.1 cm³/mol. The van der Waals surface area contributed by atoms with Crippen LogP contribution in [0.4, 0.5) is 4.39 Å². The molecule has 2 unspecified atom stereocenters. The van der Waals surface area contributed by atoms with Crippen LogP contribution in [0.25, 0.3) is 6.08 Å². The maximum atomic E-state index is 13.0. The summed E-state index contributed by atoms with van der Waals surface area (Å²) in [6, 6.07) is 13.6. The quantitative estimate of drug-likeness (QED) is 0.896. The molecular formula is C20H18FNO3S. The molecule has 4 nitrogen and oxygen atoms in total.